The summed E-state index contributed by atoms with van der Waals surface area (Å²) < 4.78 is 5.84. The Morgan fingerprint density at radius 1 is 1.10 bits per heavy atom. The maximum Gasteiger partial charge on any atom is 0.236 e. The normalized spacial score (nSPS) is 19.3. The van der Waals surface area contributed by atoms with E-state index < -0.39 is 0 Å². The van der Waals surface area contributed by atoms with E-state index in [1.165, 1.54) is 5.56 Å². The zero-order chi connectivity index (χ0) is 14.4. The van der Waals surface area contributed by atoms with Crippen molar-refractivity contribution in [3.05, 3.63) is 29.8 Å². The Kier molecular flexibility index (Phi) is 5.41. The molecule has 0 aromatic heterocycles. The number of nitrogens with zero attached hydrogens (tertiary/aromatic N) is 2. The largest absolute Gasteiger partial charge is 0.491 e. The molecule has 0 unspecified atom stereocenters. The van der Waals surface area contributed by atoms with E-state index in [1.54, 1.807) is 4.90 Å². The number of hydrogen-bond donors (Lipinski definition) is 0. The molecule has 0 N–H and O–H groups in total. The Hall–Kier alpha value is -1.55. The molecule has 2 rings (SSSR count). The Morgan fingerprint density at radius 3 is 2.75 bits per heavy atom. The highest BCUT2D eigenvalue weighted by Crippen LogP contribution is 2.20. The summed E-state index contributed by atoms with van der Waals surface area (Å²) in [5.74, 6) is 1.12. The van der Waals surface area contributed by atoms with Gasteiger partial charge in [-0.05, 0) is 44.5 Å². The van der Waals surface area contributed by atoms with Crippen LogP contribution in [0.15, 0.2) is 24.3 Å². The molecule has 1 aromatic carbocycles. The second-order valence-corrected chi connectivity index (χ2v) is 5.47. The predicted molar refractivity (Wildman–Crippen MR) is 80.0 cm³/mol. The molecule has 0 aliphatic carbocycles. The monoisotopic (exact) mass is 276 g/mol. The van der Waals surface area contributed by atoms with E-state index in [-0.39, 0.29) is 5.91 Å². The van der Waals surface area contributed by atoms with Gasteiger partial charge in [-0.15, -0.1) is 0 Å². The molecule has 1 amide bonds. The quantitative estimate of drug-likeness (QED) is 0.724. The van der Waals surface area contributed by atoms with Crippen molar-refractivity contribution in [1.29, 1.82) is 0 Å². The number of fused-ring (bicyclic) bond motifs is 1. The van der Waals surface area contributed by atoms with Gasteiger partial charge in [0.1, 0.15) is 12.4 Å². The van der Waals surface area contributed by atoms with Crippen molar-refractivity contribution >= 4 is 5.91 Å². The van der Waals surface area contributed by atoms with Crippen LogP contribution >= 0.6 is 0 Å². The number of carbonyl (C=O) groups is 1. The molecule has 0 radical (unpaired) electrons. The molecule has 0 saturated heterocycles. The number of para-hydroxylation sites is 1. The number of likely N-dealkylation sites (N-methyl/N-ethyl adjacent to an activating group) is 2. The van der Waals surface area contributed by atoms with Gasteiger partial charge in [-0.3, -0.25) is 9.69 Å². The SMILES string of the molecule is CN1CCCCc2ccccc2OCCN(C)C(=O)C1. The van der Waals surface area contributed by atoms with Crippen LogP contribution in [0, 0.1) is 0 Å². The molecule has 0 saturated carbocycles. The number of benzene rings is 1. The van der Waals surface area contributed by atoms with Gasteiger partial charge in [-0.1, -0.05) is 18.2 Å². The minimum Gasteiger partial charge on any atom is -0.491 e. The van der Waals surface area contributed by atoms with Gasteiger partial charge < -0.3 is 9.64 Å². The topological polar surface area (TPSA) is 32.8 Å². The number of carbonyl (C=O) groups excluding carboxylic acids is 1. The van der Waals surface area contributed by atoms with E-state index in [1.807, 2.05) is 26.2 Å². The number of amides is 1. The van der Waals surface area contributed by atoms with E-state index in [2.05, 4.69) is 17.0 Å². The average Bonchev–Trinajstić information content (AvgIpc) is 2.44. The molecular formula is C16H24N2O2. The molecule has 1 aromatic rings. The highest BCUT2D eigenvalue weighted by Gasteiger charge is 2.13. The first-order chi connectivity index (χ1) is 9.66. The highest BCUT2D eigenvalue weighted by molar-refractivity contribution is 5.77. The second-order valence-electron chi connectivity index (χ2n) is 5.47. The van der Waals surface area contributed by atoms with Crippen LogP contribution in [0.2, 0.25) is 0 Å². The van der Waals surface area contributed by atoms with Crippen LogP contribution in [0.3, 0.4) is 0 Å². The minimum absolute atomic E-state index is 0.156. The van der Waals surface area contributed by atoms with E-state index in [4.69, 9.17) is 4.74 Å². The highest BCUT2D eigenvalue weighted by atomic mass is 16.5. The molecule has 0 spiro atoms. The fraction of sp³-hybridized carbons (Fsp3) is 0.562. The summed E-state index contributed by atoms with van der Waals surface area (Å²) in [6, 6.07) is 8.21. The zero-order valence-electron chi connectivity index (χ0n) is 12.5. The number of ether oxygens (including phenoxy) is 1. The lowest BCUT2D eigenvalue weighted by Gasteiger charge is -2.21. The summed E-state index contributed by atoms with van der Waals surface area (Å²) >= 11 is 0. The maximum atomic E-state index is 12.0. The Morgan fingerprint density at radius 2 is 1.90 bits per heavy atom. The lowest BCUT2D eigenvalue weighted by Crippen LogP contribution is -2.38. The van der Waals surface area contributed by atoms with Crippen LogP contribution in [0.4, 0.5) is 0 Å². The van der Waals surface area contributed by atoms with Crippen LogP contribution in [0.25, 0.3) is 0 Å². The van der Waals surface area contributed by atoms with Crippen molar-refractivity contribution in [3.63, 3.8) is 0 Å². The molecule has 0 bridgehead atoms. The standard InChI is InChI=1S/C16H24N2O2/c1-17-10-6-5-8-14-7-3-4-9-15(14)20-12-11-18(2)16(19)13-17/h3-4,7,9H,5-6,8,10-13H2,1-2H3. The first-order valence-corrected chi connectivity index (χ1v) is 7.30. The Labute approximate surface area is 121 Å². The summed E-state index contributed by atoms with van der Waals surface area (Å²) in [6.07, 6.45) is 3.25. The molecule has 0 fully saturated rings. The Balaban J connectivity index is 2.06. The van der Waals surface area contributed by atoms with Crippen molar-refractivity contribution in [2.75, 3.05) is 40.3 Å². The van der Waals surface area contributed by atoms with Gasteiger partial charge in [0, 0.05) is 7.05 Å². The van der Waals surface area contributed by atoms with Crippen molar-refractivity contribution in [3.8, 4) is 5.75 Å². The maximum absolute atomic E-state index is 12.0. The van der Waals surface area contributed by atoms with E-state index >= 15 is 0 Å². The van der Waals surface area contributed by atoms with Crippen LogP contribution in [-0.4, -0.2) is 56.0 Å². The summed E-state index contributed by atoms with van der Waals surface area (Å²) in [7, 11) is 3.85. The third-order valence-corrected chi connectivity index (χ3v) is 3.72. The molecule has 1 heterocycles. The lowest BCUT2D eigenvalue weighted by molar-refractivity contribution is -0.131. The first-order valence-electron chi connectivity index (χ1n) is 7.30. The molecule has 1 aliphatic heterocycles. The van der Waals surface area contributed by atoms with Crippen LogP contribution < -0.4 is 4.74 Å². The molecule has 4 heteroatoms. The first kappa shape index (κ1) is 14.9. The summed E-state index contributed by atoms with van der Waals surface area (Å²) in [4.78, 5) is 15.8. The van der Waals surface area contributed by atoms with Crippen molar-refractivity contribution < 1.29 is 9.53 Å². The van der Waals surface area contributed by atoms with Gasteiger partial charge in [0.2, 0.25) is 5.91 Å². The van der Waals surface area contributed by atoms with Gasteiger partial charge in [-0.25, -0.2) is 0 Å². The molecule has 4 nitrogen and oxygen atoms in total. The van der Waals surface area contributed by atoms with E-state index in [0.717, 1.165) is 31.6 Å². The summed E-state index contributed by atoms with van der Waals surface area (Å²) in [5.41, 5.74) is 1.27. The van der Waals surface area contributed by atoms with Crippen molar-refractivity contribution in [2.24, 2.45) is 0 Å². The van der Waals surface area contributed by atoms with Gasteiger partial charge in [0.05, 0.1) is 13.1 Å². The fourth-order valence-corrected chi connectivity index (χ4v) is 2.40. The van der Waals surface area contributed by atoms with Crippen molar-refractivity contribution in [1.82, 2.24) is 9.80 Å². The predicted octanol–water partition coefficient (Wildman–Crippen LogP) is 1.79. The molecule has 0 atom stereocenters. The third-order valence-electron chi connectivity index (χ3n) is 3.72. The lowest BCUT2D eigenvalue weighted by atomic mass is 10.1. The van der Waals surface area contributed by atoms with Gasteiger partial charge in [0.15, 0.2) is 0 Å². The fourth-order valence-electron chi connectivity index (χ4n) is 2.40. The van der Waals surface area contributed by atoms with Crippen molar-refractivity contribution in [2.45, 2.75) is 19.3 Å². The van der Waals surface area contributed by atoms with Gasteiger partial charge in [-0.2, -0.15) is 0 Å². The molecule has 1 aliphatic rings. The van der Waals surface area contributed by atoms with Gasteiger partial charge in [0.25, 0.3) is 0 Å². The smallest absolute Gasteiger partial charge is 0.236 e. The van der Waals surface area contributed by atoms with Crippen LogP contribution in [0.5, 0.6) is 5.75 Å². The number of rotatable bonds is 0. The summed E-state index contributed by atoms with van der Waals surface area (Å²) in [6.45, 7) is 2.62. The molecular weight excluding hydrogens is 252 g/mol. The van der Waals surface area contributed by atoms with Crippen LogP contribution in [-0.2, 0) is 11.2 Å². The average molecular weight is 276 g/mol. The van der Waals surface area contributed by atoms with Gasteiger partial charge >= 0.3 is 0 Å². The zero-order valence-corrected chi connectivity index (χ0v) is 12.5. The minimum atomic E-state index is 0.156. The van der Waals surface area contributed by atoms with E-state index in [9.17, 15) is 4.79 Å². The number of hydrogen-bond acceptors (Lipinski definition) is 3. The van der Waals surface area contributed by atoms with E-state index in [0.29, 0.717) is 19.7 Å². The second kappa shape index (κ2) is 7.29. The molecule has 110 valence electrons. The third kappa shape index (κ3) is 4.23. The number of aryl methyl sites for hydroxylation is 1. The molecule has 20 heavy (non-hydrogen) atoms. The van der Waals surface area contributed by atoms with Crippen LogP contribution in [0.1, 0.15) is 18.4 Å². The summed E-state index contributed by atoms with van der Waals surface area (Å²) in [5, 5.41) is 0. The Bertz CT molecular complexity index is 448.